The molecule has 4 rings (SSSR count). The van der Waals surface area contributed by atoms with Gasteiger partial charge < -0.3 is 10.1 Å². The Morgan fingerprint density at radius 1 is 1.09 bits per heavy atom. The van der Waals surface area contributed by atoms with Crippen LogP contribution in [0.4, 0.5) is 5.69 Å². The molecule has 1 aliphatic heterocycles. The van der Waals surface area contributed by atoms with E-state index >= 15 is 0 Å². The third-order valence-electron chi connectivity index (χ3n) is 5.01. The molecule has 2 heteroatoms. The van der Waals surface area contributed by atoms with E-state index in [0.717, 1.165) is 12.2 Å². The van der Waals surface area contributed by atoms with Gasteiger partial charge in [0.1, 0.15) is 5.75 Å². The second-order valence-corrected chi connectivity index (χ2v) is 6.34. The van der Waals surface area contributed by atoms with Crippen molar-refractivity contribution >= 4 is 5.69 Å². The first-order valence-corrected chi connectivity index (χ1v) is 7.94. The average molecular weight is 291 g/mol. The zero-order valence-corrected chi connectivity index (χ0v) is 13.0. The molecule has 1 aliphatic carbocycles. The standard InChI is InChI=1S/C20H21NO/c1-13-6-8-14(9-7-13)20-17-5-3-4-16(17)18-12-15(22-2)10-11-19(18)21-20/h3-4,6-12,16-17,20-21H,5H2,1-2H3. The first-order valence-electron chi connectivity index (χ1n) is 7.94. The topological polar surface area (TPSA) is 21.3 Å². The molecule has 22 heavy (non-hydrogen) atoms. The molecule has 0 fully saturated rings. The van der Waals surface area contributed by atoms with E-state index < -0.39 is 0 Å². The zero-order chi connectivity index (χ0) is 15.1. The van der Waals surface area contributed by atoms with Crippen LogP contribution >= 0.6 is 0 Å². The van der Waals surface area contributed by atoms with Crippen molar-refractivity contribution in [3.05, 3.63) is 71.3 Å². The lowest BCUT2D eigenvalue weighted by Gasteiger charge is -2.37. The number of aryl methyl sites for hydroxylation is 1. The second kappa shape index (κ2) is 5.20. The van der Waals surface area contributed by atoms with Crippen LogP contribution in [0.1, 0.15) is 35.1 Å². The van der Waals surface area contributed by atoms with Crippen molar-refractivity contribution in [2.24, 2.45) is 5.92 Å². The minimum atomic E-state index is 0.376. The van der Waals surface area contributed by atoms with Gasteiger partial charge in [-0.15, -0.1) is 0 Å². The highest BCUT2D eigenvalue weighted by atomic mass is 16.5. The van der Waals surface area contributed by atoms with Gasteiger partial charge >= 0.3 is 0 Å². The fraction of sp³-hybridized carbons (Fsp3) is 0.300. The van der Waals surface area contributed by atoms with Crippen LogP contribution in [0.2, 0.25) is 0 Å². The molecule has 0 aromatic heterocycles. The lowest BCUT2D eigenvalue weighted by Crippen LogP contribution is -2.29. The summed E-state index contributed by atoms with van der Waals surface area (Å²) in [6.45, 7) is 2.14. The summed E-state index contributed by atoms with van der Waals surface area (Å²) in [4.78, 5) is 0. The largest absolute Gasteiger partial charge is 0.497 e. The van der Waals surface area contributed by atoms with Gasteiger partial charge in [-0.2, -0.15) is 0 Å². The van der Waals surface area contributed by atoms with Crippen molar-refractivity contribution in [3.63, 3.8) is 0 Å². The molecule has 3 unspecified atom stereocenters. The molecule has 0 saturated heterocycles. The van der Waals surface area contributed by atoms with E-state index in [1.165, 1.54) is 22.4 Å². The predicted octanol–water partition coefficient (Wildman–Crippen LogP) is 4.83. The third-order valence-corrected chi connectivity index (χ3v) is 5.01. The number of hydrogen-bond acceptors (Lipinski definition) is 2. The van der Waals surface area contributed by atoms with Gasteiger partial charge in [-0.05, 0) is 48.6 Å². The summed E-state index contributed by atoms with van der Waals surface area (Å²) < 4.78 is 5.40. The molecule has 0 radical (unpaired) electrons. The molecular weight excluding hydrogens is 270 g/mol. The quantitative estimate of drug-likeness (QED) is 0.800. The Bertz CT molecular complexity index is 717. The molecule has 112 valence electrons. The van der Waals surface area contributed by atoms with E-state index in [2.05, 4.69) is 60.8 Å². The summed E-state index contributed by atoms with van der Waals surface area (Å²) in [5.41, 5.74) is 5.29. The van der Waals surface area contributed by atoms with Crippen molar-refractivity contribution in [3.8, 4) is 5.75 Å². The molecule has 2 aromatic rings. The van der Waals surface area contributed by atoms with Gasteiger partial charge in [0.05, 0.1) is 13.2 Å². The Labute approximate surface area is 131 Å². The van der Waals surface area contributed by atoms with Gasteiger partial charge in [0.15, 0.2) is 0 Å². The molecular formula is C20H21NO. The Kier molecular flexibility index (Phi) is 3.18. The van der Waals surface area contributed by atoms with Gasteiger partial charge in [-0.3, -0.25) is 0 Å². The summed E-state index contributed by atoms with van der Waals surface area (Å²) in [6.07, 6.45) is 5.82. The first kappa shape index (κ1) is 13.4. The molecule has 2 aromatic carbocycles. The maximum Gasteiger partial charge on any atom is 0.119 e. The third kappa shape index (κ3) is 2.10. The summed E-state index contributed by atoms with van der Waals surface area (Å²) in [6, 6.07) is 15.7. The summed E-state index contributed by atoms with van der Waals surface area (Å²) in [5.74, 6) is 2.01. The predicted molar refractivity (Wildman–Crippen MR) is 90.5 cm³/mol. The van der Waals surface area contributed by atoms with Crippen LogP contribution in [0.15, 0.2) is 54.6 Å². The number of fused-ring (bicyclic) bond motifs is 3. The van der Waals surface area contributed by atoms with Gasteiger partial charge in [-0.25, -0.2) is 0 Å². The molecule has 0 amide bonds. The molecule has 0 bridgehead atoms. The van der Waals surface area contributed by atoms with Crippen LogP contribution < -0.4 is 10.1 Å². The Hall–Kier alpha value is -2.22. The maximum absolute atomic E-state index is 5.40. The second-order valence-electron chi connectivity index (χ2n) is 6.34. The molecule has 0 saturated carbocycles. The SMILES string of the molecule is COc1ccc2c(c1)C1C=CCC1C(c1ccc(C)cc1)N2. The smallest absolute Gasteiger partial charge is 0.119 e. The van der Waals surface area contributed by atoms with E-state index in [0.29, 0.717) is 17.9 Å². The van der Waals surface area contributed by atoms with Crippen LogP contribution in [0, 0.1) is 12.8 Å². The maximum atomic E-state index is 5.40. The molecule has 0 spiro atoms. The van der Waals surface area contributed by atoms with Crippen molar-refractivity contribution < 1.29 is 4.74 Å². The van der Waals surface area contributed by atoms with E-state index in [1.54, 1.807) is 7.11 Å². The minimum absolute atomic E-state index is 0.376. The minimum Gasteiger partial charge on any atom is -0.497 e. The van der Waals surface area contributed by atoms with Crippen LogP contribution in [-0.2, 0) is 0 Å². The highest BCUT2D eigenvalue weighted by Crippen LogP contribution is 2.50. The molecule has 1 N–H and O–H groups in total. The number of allylic oxidation sites excluding steroid dienone is 2. The fourth-order valence-corrected chi connectivity index (χ4v) is 3.80. The Morgan fingerprint density at radius 2 is 1.91 bits per heavy atom. The number of nitrogens with one attached hydrogen (secondary N) is 1. The number of ether oxygens (including phenoxy) is 1. The molecule has 1 heterocycles. The van der Waals surface area contributed by atoms with Crippen molar-refractivity contribution in [2.75, 3.05) is 12.4 Å². The zero-order valence-electron chi connectivity index (χ0n) is 13.0. The van der Waals surface area contributed by atoms with Gasteiger partial charge in [-0.1, -0.05) is 42.0 Å². The first-order chi connectivity index (χ1) is 10.8. The summed E-state index contributed by atoms with van der Waals surface area (Å²) >= 11 is 0. The van der Waals surface area contributed by atoms with Crippen LogP contribution in [-0.4, -0.2) is 7.11 Å². The lowest BCUT2D eigenvalue weighted by atomic mass is 9.77. The van der Waals surface area contributed by atoms with Crippen LogP contribution in [0.5, 0.6) is 5.75 Å². The normalized spacial score (nSPS) is 25.3. The monoisotopic (exact) mass is 291 g/mol. The van der Waals surface area contributed by atoms with E-state index in [-0.39, 0.29) is 0 Å². The van der Waals surface area contributed by atoms with Crippen LogP contribution in [0.3, 0.4) is 0 Å². The van der Waals surface area contributed by atoms with E-state index in [4.69, 9.17) is 4.74 Å². The Morgan fingerprint density at radius 3 is 2.68 bits per heavy atom. The van der Waals surface area contributed by atoms with Crippen LogP contribution in [0.25, 0.3) is 0 Å². The van der Waals surface area contributed by atoms with E-state index in [1.807, 2.05) is 6.07 Å². The highest BCUT2D eigenvalue weighted by molar-refractivity contribution is 5.61. The lowest BCUT2D eigenvalue weighted by molar-refractivity contribution is 0.405. The number of anilines is 1. The average Bonchev–Trinajstić information content (AvgIpc) is 3.04. The molecule has 2 aliphatic rings. The number of hydrogen-bond donors (Lipinski definition) is 1. The van der Waals surface area contributed by atoms with Gasteiger partial charge in [0.25, 0.3) is 0 Å². The van der Waals surface area contributed by atoms with Crippen molar-refractivity contribution in [1.29, 1.82) is 0 Å². The van der Waals surface area contributed by atoms with Crippen molar-refractivity contribution in [2.45, 2.75) is 25.3 Å². The Balaban J connectivity index is 1.76. The van der Waals surface area contributed by atoms with Gasteiger partial charge in [0, 0.05) is 11.6 Å². The number of methoxy groups -OCH3 is 1. The number of benzene rings is 2. The number of rotatable bonds is 2. The van der Waals surface area contributed by atoms with Gasteiger partial charge in [0.2, 0.25) is 0 Å². The fourth-order valence-electron chi connectivity index (χ4n) is 3.80. The molecule has 3 atom stereocenters. The molecule has 2 nitrogen and oxygen atoms in total. The summed E-state index contributed by atoms with van der Waals surface area (Å²) in [7, 11) is 1.73. The van der Waals surface area contributed by atoms with Crippen molar-refractivity contribution in [1.82, 2.24) is 0 Å². The highest BCUT2D eigenvalue weighted by Gasteiger charge is 2.37. The summed E-state index contributed by atoms with van der Waals surface area (Å²) in [5, 5.41) is 3.76. The van der Waals surface area contributed by atoms with E-state index in [9.17, 15) is 0 Å².